The lowest BCUT2D eigenvalue weighted by atomic mass is 10.1. The van der Waals surface area contributed by atoms with E-state index in [1.54, 1.807) is 19.2 Å². The van der Waals surface area contributed by atoms with Crippen LogP contribution in [-0.2, 0) is 4.74 Å². The first-order valence-corrected chi connectivity index (χ1v) is 6.44. The van der Waals surface area contributed by atoms with Crippen molar-refractivity contribution >= 4 is 17.5 Å². The molecule has 2 rings (SSSR count). The zero-order valence-electron chi connectivity index (χ0n) is 11.0. The Morgan fingerprint density at radius 3 is 3.11 bits per heavy atom. The molecule has 0 radical (unpaired) electrons. The molecule has 0 saturated carbocycles. The van der Waals surface area contributed by atoms with Crippen LogP contribution in [0.15, 0.2) is 12.3 Å². The van der Waals surface area contributed by atoms with E-state index in [9.17, 15) is 4.79 Å². The second kappa shape index (κ2) is 5.88. The van der Waals surface area contributed by atoms with Crippen LogP contribution in [0.2, 0.25) is 0 Å². The van der Waals surface area contributed by atoms with Crippen molar-refractivity contribution in [3.05, 3.63) is 17.8 Å². The number of pyridine rings is 1. The number of carbonyl (C=O) groups is 1. The van der Waals surface area contributed by atoms with E-state index in [0.717, 1.165) is 13.0 Å². The number of anilines is 2. The Morgan fingerprint density at radius 2 is 2.47 bits per heavy atom. The molecule has 3 N–H and O–H groups in total. The van der Waals surface area contributed by atoms with Gasteiger partial charge in [-0.3, -0.25) is 0 Å². The minimum Gasteiger partial charge on any atom is -0.462 e. The van der Waals surface area contributed by atoms with Gasteiger partial charge in [-0.05, 0) is 19.4 Å². The average Bonchev–Trinajstić information content (AvgIpc) is 2.88. The molecule has 6 nitrogen and oxygen atoms in total. The highest BCUT2D eigenvalue weighted by molar-refractivity contribution is 5.97. The van der Waals surface area contributed by atoms with E-state index in [-0.39, 0.29) is 12.5 Å². The summed E-state index contributed by atoms with van der Waals surface area (Å²) in [7, 11) is 0. The molecule has 2 heterocycles. The number of rotatable bonds is 4. The number of aliphatic hydroxyl groups is 1. The predicted octanol–water partition coefficient (Wildman–Crippen LogP) is 0.659. The fourth-order valence-corrected chi connectivity index (χ4v) is 2.28. The normalized spacial score (nSPS) is 18.6. The standard InChI is InChI=1S/C13H19N3O3/c1-2-19-13(18)10-3-5-15-12(11(10)14)16-6-4-9(7-16)8-17/h3,5,9,17H,2,4,6-8,14H2,1H3. The first kappa shape index (κ1) is 13.6. The highest BCUT2D eigenvalue weighted by Crippen LogP contribution is 2.29. The quantitative estimate of drug-likeness (QED) is 0.777. The lowest BCUT2D eigenvalue weighted by Crippen LogP contribution is -2.24. The Morgan fingerprint density at radius 1 is 1.68 bits per heavy atom. The summed E-state index contributed by atoms with van der Waals surface area (Å²) in [6.07, 6.45) is 2.46. The zero-order valence-corrected chi connectivity index (χ0v) is 11.0. The molecule has 19 heavy (non-hydrogen) atoms. The topological polar surface area (TPSA) is 88.7 Å². The number of nitrogen functional groups attached to an aromatic ring is 1. The minimum absolute atomic E-state index is 0.161. The molecule has 0 spiro atoms. The van der Waals surface area contributed by atoms with Gasteiger partial charge in [-0.1, -0.05) is 0 Å². The Bertz CT molecular complexity index is 464. The van der Waals surface area contributed by atoms with Crippen molar-refractivity contribution in [2.45, 2.75) is 13.3 Å². The summed E-state index contributed by atoms with van der Waals surface area (Å²) in [5.74, 6) is 0.413. The van der Waals surface area contributed by atoms with Crippen molar-refractivity contribution in [1.82, 2.24) is 4.98 Å². The number of ether oxygens (including phenoxy) is 1. The summed E-state index contributed by atoms with van der Waals surface area (Å²) in [4.78, 5) is 18.0. The highest BCUT2D eigenvalue weighted by Gasteiger charge is 2.26. The fraction of sp³-hybridized carbons (Fsp3) is 0.538. The Labute approximate surface area is 112 Å². The molecule has 0 aliphatic carbocycles. The number of carbonyl (C=O) groups excluding carboxylic acids is 1. The fourth-order valence-electron chi connectivity index (χ4n) is 2.28. The average molecular weight is 265 g/mol. The van der Waals surface area contributed by atoms with Crippen LogP contribution >= 0.6 is 0 Å². The molecule has 1 aromatic heterocycles. The van der Waals surface area contributed by atoms with Crippen molar-refractivity contribution in [3.8, 4) is 0 Å². The van der Waals surface area contributed by atoms with Crippen LogP contribution < -0.4 is 10.6 Å². The van der Waals surface area contributed by atoms with Gasteiger partial charge in [0.05, 0.1) is 17.9 Å². The van der Waals surface area contributed by atoms with E-state index in [1.807, 2.05) is 4.90 Å². The monoisotopic (exact) mass is 265 g/mol. The first-order valence-electron chi connectivity index (χ1n) is 6.44. The van der Waals surface area contributed by atoms with Crippen LogP contribution in [-0.4, -0.2) is 42.4 Å². The van der Waals surface area contributed by atoms with Crippen LogP contribution in [0.1, 0.15) is 23.7 Å². The molecule has 1 saturated heterocycles. The van der Waals surface area contributed by atoms with E-state index in [0.29, 0.717) is 30.2 Å². The van der Waals surface area contributed by atoms with Gasteiger partial charge in [0.2, 0.25) is 0 Å². The van der Waals surface area contributed by atoms with Gasteiger partial charge in [-0.2, -0.15) is 0 Å². The van der Waals surface area contributed by atoms with E-state index < -0.39 is 5.97 Å². The summed E-state index contributed by atoms with van der Waals surface area (Å²) in [6.45, 7) is 3.72. The van der Waals surface area contributed by atoms with Crippen molar-refractivity contribution in [2.24, 2.45) is 5.92 Å². The molecule has 0 amide bonds. The summed E-state index contributed by atoms with van der Waals surface area (Å²) in [5.41, 5.74) is 6.71. The lowest BCUT2D eigenvalue weighted by Gasteiger charge is -2.20. The van der Waals surface area contributed by atoms with Gasteiger partial charge >= 0.3 is 5.97 Å². The van der Waals surface area contributed by atoms with Gasteiger partial charge in [-0.25, -0.2) is 9.78 Å². The van der Waals surface area contributed by atoms with Crippen LogP contribution in [0.3, 0.4) is 0 Å². The largest absolute Gasteiger partial charge is 0.462 e. The molecule has 1 atom stereocenters. The highest BCUT2D eigenvalue weighted by atomic mass is 16.5. The molecule has 104 valence electrons. The van der Waals surface area contributed by atoms with E-state index in [1.165, 1.54) is 0 Å². The smallest absolute Gasteiger partial charge is 0.340 e. The maximum atomic E-state index is 11.8. The Kier molecular flexibility index (Phi) is 4.21. The van der Waals surface area contributed by atoms with Crippen LogP contribution in [0.4, 0.5) is 11.5 Å². The zero-order chi connectivity index (χ0) is 13.8. The molecule has 0 aromatic carbocycles. The maximum Gasteiger partial charge on any atom is 0.340 e. The lowest BCUT2D eigenvalue weighted by molar-refractivity contribution is 0.0527. The molecule has 1 fully saturated rings. The third kappa shape index (κ3) is 2.78. The van der Waals surface area contributed by atoms with E-state index in [2.05, 4.69) is 4.98 Å². The Hall–Kier alpha value is -1.82. The van der Waals surface area contributed by atoms with Gasteiger partial charge in [0.1, 0.15) is 0 Å². The second-order valence-electron chi connectivity index (χ2n) is 4.60. The molecule has 1 aliphatic rings. The van der Waals surface area contributed by atoms with Crippen LogP contribution in [0.25, 0.3) is 0 Å². The molecule has 1 aliphatic heterocycles. The Balaban J connectivity index is 2.23. The molecule has 1 unspecified atom stereocenters. The van der Waals surface area contributed by atoms with Gasteiger partial charge < -0.3 is 20.5 Å². The molecule has 1 aromatic rings. The third-order valence-corrected chi connectivity index (χ3v) is 3.31. The number of nitrogens with zero attached hydrogens (tertiary/aromatic N) is 2. The number of hydrogen-bond acceptors (Lipinski definition) is 6. The van der Waals surface area contributed by atoms with Crippen LogP contribution in [0, 0.1) is 5.92 Å². The number of nitrogens with two attached hydrogens (primary N) is 1. The summed E-state index contributed by atoms with van der Waals surface area (Å²) in [6, 6.07) is 1.57. The van der Waals surface area contributed by atoms with E-state index >= 15 is 0 Å². The summed E-state index contributed by atoms with van der Waals surface area (Å²) >= 11 is 0. The van der Waals surface area contributed by atoms with Gasteiger partial charge in [-0.15, -0.1) is 0 Å². The van der Waals surface area contributed by atoms with Crippen molar-refractivity contribution in [2.75, 3.05) is 36.9 Å². The molecular weight excluding hydrogens is 246 g/mol. The van der Waals surface area contributed by atoms with Gasteiger partial charge in [0.25, 0.3) is 0 Å². The third-order valence-electron chi connectivity index (χ3n) is 3.31. The SMILES string of the molecule is CCOC(=O)c1ccnc(N2CCC(CO)C2)c1N. The molecular formula is C13H19N3O3. The summed E-state index contributed by atoms with van der Waals surface area (Å²) in [5, 5.41) is 9.16. The molecule has 6 heteroatoms. The van der Waals surface area contributed by atoms with Crippen molar-refractivity contribution in [3.63, 3.8) is 0 Å². The van der Waals surface area contributed by atoms with E-state index in [4.69, 9.17) is 15.6 Å². The minimum atomic E-state index is -0.429. The number of aromatic nitrogens is 1. The maximum absolute atomic E-state index is 11.8. The summed E-state index contributed by atoms with van der Waals surface area (Å²) < 4.78 is 4.96. The molecule has 0 bridgehead atoms. The number of aliphatic hydroxyl groups excluding tert-OH is 1. The van der Waals surface area contributed by atoms with Crippen LogP contribution in [0.5, 0.6) is 0 Å². The van der Waals surface area contributed by atoms with Crippen molar-refractivity contribution < 1.29 is 14.6 Å². The van der Waals surface area contributed by atoms with Gasteiger partial charge in [0, 0.05) is 31.8 Å². The second-order valence-corrected chi connectivity index (χ2v) is 4.60. The predicted molar refractivity (Wildman–Crippen MR) is 72.0 cm³/mol. The van der Waals surface area contributed by atoms with Gasteiger partial charge in [0.15, 0.2) is 5.82 Å². The number of hydrogen-bond donors (Lipinski definition) is 2. The first-order chi connectivity index (χ1) is 9.17. The number of esters is 1. The van der Waals surface area contributed by atoms with Crippen molar-refractivity contribution in [1.29, 1.82) is 0 Å².